The van der Waals surface area contributed by atoms with Gasteiger partial charge in [0.05, 0.1) is 12.7 Å². The van der Waals surface area contributed by atoms with Crippen LogP contribution < -0.4 is 4.90 Å². The molecular formula is C15H24N2O3. The van der Waals surface area contributed by atoms with Gasteiger partial charge in [0, 0.05) is 45.0 Å². The minimum atomic E-state index is -0.407. The number of rotatable bonds is 6. The van der Waals surface area contributed by atoms with Crippen LogP contribution in [-0.2, 0) is 4.74 Å². The van der Waals surface area contributed by atoms with Crippen LogP contribution in [0.1, 0.15) is 6.92 Å². The summed E-state index contributed by atoms with van der Waals surface area (Å²) in [6, 6.07) is 7.31. The lowest BCUT2D eigenvalue weighted by Gasteiger charge is -2.36. The van der Waals surface area contributed by atoms with Crippen molar-refractivity contribution in [2.45, 2.75) is 13.0 Å². The van der Waals surface area contributed by atoms with Crippen molar-refractivity contribution in [1.29, 1.82) is 0 Å². The highest BCUT2D eigenvalue weighted by Crippen LogP contribution is 2.19. The number of benzene rings is 1. The van der Waals surface area contributed by atoms with Crippen molar-refractivity contribution >= 4 is 5.69 Å². The number of nitrogens with zero attached hydrogens (tertiary/aromatic N) is 2. The van der Waals surface area contributed by atoms with Crippen LogP contribution in [0.25, 0.3) is 0 Å². The zero-order chi connectivity index (χ0) is 14.4. The van der Waals surface area contributed by atoms with Gasteiger partial charge in [0.2, 0.25) is 0 Å². The van der Waals surface area contributed by atoms with Crippen LogP contribution in [0.3, 0.4) is 0 Å². The number of hydrogen-bond donors (Lipinski definition) is 2. The van der Waals surface area contributed by atoms with E-state index in [1.165, 1.54) is 0 Å². The molecule has 0 amide bonds. The van der Waals surface area contributed by atoms with E-state index in [1.807, 2.05) is 19.1 Å². The van der Waals surface area contributed by atoms with Crippen LogP contribution in [0.15, 0.2) is 24.3 Å². The van der Waals surface area contributed by atoms with Gasteiger partial charge in [0.25, 0.3) is 0 Å². The van der Waals surface area contributed by atoms with E-state index >= 15 is 0 Å². The minimum absolute atomic E-state index is 0.298. The lowest BCUT2D eigenvalue weighted by atomic mass is 10.2. The lowest BCUT2D eigenvalue weighted by Crippen LogP contribution is -2.49. The van der Waals surface area contributed by atoms with Crippen molar-refractivity contribution in [2.75, 3.05) is 50.8 Å². The van der Waals surface area contributed by atoms with E-state index in [2.05, 4.69) is 9.80 Å². The number of aliphatic hydroxyl groups is 1. The third kappa shape index (κ3) is 4.37. The molecule has 1 heterocycles. The number of piperazine rings is 1. The molecule has 0 bridgehead atoms. The predicted molar refractivity (Wildman–Crippen MR) is 79.3 cm³/mol. The van der Waals surface area contributed by atoms with E-state index < -0.39 is 6.10 Å². The van der Waals surface area contributed by atoms with Crippen LogP contribution in [0.4, 0.5) is 5.69 Å². The lowest BCUT2D eigenvalue weighted by molar-refractivity contribution is 0.0202. The third-order valence-corrected chi connectivity index (χ3v) is 3.57. The fraction of sp³-hybridized carbons (Fsp3) is 0.600. The van der Waals surface area contributed by atoms with Gasteiger partial charge in [0.1, 0.15) is 5.75 Å². The van der Waals surface area contributed by atoms with Crippen molar-refractivity contribution in [2.24, 2.45) is 0 Å². The number of phenolic OH excluding ortho intramolecular Hbond substituents is 1. The van der Waals surface area contributed by atoms with Crippen molar-refractivity contribution in [3.63, 3.8) is 0 Å². The molecular weight excluding hydrogens is 256 g/mol. The summed E-state index contributed by atoms with van der Waals surface area (Å²) in [7, 11) is 0. The van der Waals surface area contributed by atoms with E-state index in [4.69, 9.17) is 4.74 Å². The number of aliphatic hydroxyl groups excluding tert-OH is 1. The quantitative estimate of drug-likeness (QED) is 0.811. The summed E-state index contributed by atoms with van der Waals surface area (Å²) in [5, 5.41) is 19.1. The van der Waals surface area contributed by atoms with Crippen LogP contribution >= 0.6 is 0 Å². The van der Waals surface area contributed by atoms with Gasteiger partial charge in [-0.2, -0.15) is 0 Å². The molecule has 2 rings (SSSR count). The molecule has 1 atom stereocenters. The van der Waals surface area contributed by atoms with Gasteiger partial charge in [-0.05, 0) is 31.2 Å². The second-order valence-corrected chi connectivity index (χ2v) is 5.12. The van der Waals surface area contributed by atoms with Crippen molar-refractivity contribution in [1.82, 2.24) is 4.90 Å². The highest BCUT2D eigenvalue weighted by molar-refractivity contribution is 5.49. The summed E-state index contributed by atoms with van der Waals surface area (Å²) < 4.78 is 5.23. The molecule has 0 saturated carbocycles. The van der Waals surface area contributed by atoms with Gasteiger partial charge in [-0.25, -0.2) is 0 Å². The summed E-state index contributed by atoms with van der Waals surface area (Å²) in [6.07, 6.45) is -0.407. The molecule has 1 unspecified atom stereocenters. The first-order valence-corrected chi connectivity index (χ1v) is 7.21. The summed E-state index contributed by atoms with van der Waals surface area (Å²) in [5.41, 5.74) is 1.14. The molecule has 1 saturated heterocycles. The first kappa shape index (κ1) is 15.1. The van der Waals surface area contributed by atoms with Gasteiger partial charge >= 0.3 is 0 Å². The van der Waals surface area contributed by atoms with E-state index in [0.29, 0.717) is 25.5 Å². The summed E-state index contributed by atoms with van der Waals surface area (Å²) in [4.78, 5) is 4.56. The summed E-state index contributed by atoms with van der Waals surface area (Å²) >= 11 is 0. The van der Waals surface area contributed by atoms with Gasteiger partial charge in [0.15, 0.2) is 0 Å². The summed E-state index contributed by atoms with van der Waals surface area (Å²) in [6.45, 7) is 7.40. The number of phenols is 1. The number of β-amino-alcohol motifs (C(OH)–C–C–N with tert-alkyl or cyclic N) is 1. The summed E-state index contributed by atoms with van der Waals surface area (Å²) in [5.74, 6) is 0.298. The molecule has 1 aliphatic heterocycles. The van der Waals surface area contributed by atoms with Crippen LogP contribution in [0, 0.1) is 0 Å². The maximum atomic E-state index is 9.84. The Balaban J connectivity index is 1.76. The van der Waals surface area contributed by atoms with E-state index in [9.17, 15) is 10.2 Å². The Kier molecular flexibility index (Phi) is 5.64. The first-order valence-electron chi connectivity index (χ1n) is 7.21. The van der Waals surface area contributed by atoms with Crippen LogP contribution in [0.5, 0.6) is 5.75 Å². The Hall–Kier alpha value is -1.30. The molecule has 20 heavy (non-hydrogen) atoms. The molecule has 1 aliphatic rings. The fourth-order valence-corrected chi connectivity index (χ4v) is 2.46. The molecule has 1 fully saturated rings. The predicted octanol–water partition coefficient (Wildman–Crippen LogP) is 0.912. The SMILES string of the molecule is CCOCC(O)CN1CCN(c2ccc(O)cc2)CC1. The van der Waals surface area contributed by atoms with Gasteiger partial charge < -0.3 is 19.8 Å². The standard InChI is InChI=1S/C15H24N2O3/c1-2-20-12-15(19)11-16-7-9-17(10-8-16)13-3-5-14(18)6-4-13/h3-6,15,18-19H,2,7-12H2,1H3. The average molecular weight is 280 g/mol. The molecule has 0 radical (unpaired) electrons. The smallest absolute Gasteiger partial charge is 0.115 e. The van der Waals surface area contributed by atoms with Gasteiger partial charge in [-0.3, -0.25) is 4.90 Å². The number of ether oxygens (including phenoxy) is 1. The first-order chi connectivity index (χ1) is 9.69. The Morgan fingerprint density at radius 3 is 2.40 bits per heavy atom. The van der Waals surface area contributed by atoms with Gasteiger partial charge in [-0.15, -0.1) is 0 Å². The Morgan fingerprint density at radius 2 is 1.80 bits per heavy atom. The number of aromatic hydroxyl groups is 1. The maximum Gasteiger partial charge on any atom is 0.115 e. The molecule has 0 spiro atoms. The van der Waals surface area contributed by atoms with Crippen LogP contribution in [-0.4, -0.2) is 67.2 Å². The molecule has 0 aliphatic carbocycles. The van der Waals surface area contributed by atoms with E-state index in [0.717, 1.165) is 31.9 Å². The monoisotopic (exact) mass is 280 g/mol. The molecule has 1 aromatic carbocycles. The van der Waals surface area contributed by atoms with Crippen molar-refractivity contribution in [3.8, 4) is 5.75 Å². The van der Waals surface area contributed by atoms with E-state index in [-0.39, 0.29) is 0 Å². The zero-order valence-electron chi connectivity index (χ0n) is 12.0. The van der Waals surface area contributed by atoms with Gasteiger partial charge in [-0.1, -0.05) is 0 Å². The second-order valence-electron chi connectivity index (χ2n) is 5.12. The fourth-order valence-electron chi connectivity index (χ4n) is 2.46. The minimum Gasteiger partial charge on any atom is -0.508 e. The highest BCUT2D eigenvalue weighted by atomic mass is 16.5. The van der Waals surface area contributed by atoms with E-state index in [1.54, 1.807) is 12.1 Å². The number of hydrogen-bond acceptors (Lipinski definition) is 5. The Bertz CT molecular complexity index is 389. The molecule has 1 aromatic rings. The van der Waals surface area contributed by atoms with Crippen molar-refractivity contribution in [3.05, 3.63) is 24.3 Å². The Morgan fingerprint density at radius 1 is 1.15 bits per heavy atom. The zero-order valence-corrected chi connectivity index (χ0v) is 12.0. The third-order valence-electron chi connectivity index (χ3n) is 3.57. The number of anilines is 1. The largest absolute Gasteiger partial charge is 0.508 e. The molecule has 2 N–H and O–H groups in total. The topological polar surface area (TPSA) is 56.2 Å². The van der Waals surface area contributed by atoms with Crippen molar-refractivity contribution < 1.29 is 14.9 Å². The van der Waals surface area contributed by atoms with Crippen LogP contribution in [0.2, 0.25) is 0 Å². The molecule has 112 valence electrons. The normalized spacial score (nSPS) is 18.2. The average Bonchev–Trinajstić information content (AvgIpc) is 2.47. The molecule has 5 nitrogen and oxygen atoms in total. The maximum absolute atomic E-state index is 9.84. The highest BCUT2D eigenvalue weighted by Gasteiger charge is 2.19. The molecule has 0 aromatic heterocycles. The molecule has 5 heteroatoms. The second kappa shape index (κ2) is 7.47. The Labute approximate surface area is 120 Å².